The molecule has 4 rings (SSSR count). The molecule has 0 radical (unpaired) electrons. The Morgan fingerprint density at radius 2 is 2.00 bits per heavy atom. The molecule has 6 nitrogen and oxygen atoms in total. The van der Waals surface area contributed by atoms with Gasteiger partial charge in [0.1, 0.15) is 16.5 Å². The number of halogens is 2. The van der Waals surface area contributed by atoms with Crippen molar-refractivity contribution in [1.29, 1.82) is 0 Å². The number of nitrogens with zero attached hydrogens (tertiary/aromatic N) is 2. The van der Waals surface area contributed by atoms with Crippen LogP contribution in [0.2, 0.25) is 0 Å². The van der Waals surface area contributed by atoms with Gasteiger partial charge in [-0.1, -0.05) is 18.2 Å². The first kappa shape index (κ1) is 20.5. The van der Waals surface area contributed by atoms with Crippen molar-refractivity contribution < 1.29 is 22.0 Å². The van der Waals surface area contributed by atoms with E-state index in [9.17, 15) is 22.0 Å². The molecule has 2 aliphatic heterocycles. The highest BCUT2D eigenvalue weighted by atomic mass is 32.2. The zero-order valence-electron chi connectivity index (χ0n) is 16.3. The SMILES string of the molecule is C[C@H](NC(=O)C1CCCN(C2=NS(=O)(=O)c3ccccc32)C1)c1ccc(F)cc1F. The summed E-state index contributed by atoms with van der Waals surface area (Å²) in [6, 6.07) is 9.27. The number of carbonyl (C=O) groups is 1. The summed E-state index contributed by atoms with van der Waals surface area (Å²) in [6.45, 7) is 2.54. The van der Waals surface area contributed by atoms with Crippen LogP contribution in [-0.2, 0) is 14.8 Å². The first-order chi connectivity index (χ1) is 14.3. The minimum absolute atomic E-state index is 0.173. The predicted molar refractivity (Wildman–Crippen MR) is 107 cm³/mol. The molecule has 1 N–H and O–H groups in total. The Hall–Kier alpha value is -2.81. The number of carbonyl (C=O) groups excluding carboxylic acids is 1. The van der Waals surface area contributed by atoms with Gasteiger partial charge < -0.3 is 10.2 Å². The molecule has 2 aromatic rings. The summed E-state index contributed by atoms with van der Waals surface area (Å²) in [5.74, 6) is -1.69. The van der Waals surface area contributed by atoms with Gasteiger partial charge in [0.15, 0.2) is 5.84 Å². The monoisotopic (exact) mass is 433 g/mol. The summed E-state index contributed by atoms with van der Waals surface area (Å²) in [4.78, 5) is 14.8. The third kappa shape index (κ3) is 3.81. The van der Waals surface area contributed by atoms with E-state index >= 15 is 0 Å². The number of piperidine rings is 1. The molecular formula is C21H21F2N3O3S. The van der Waals surface area contributed by atoms with Crippen molar-refractivity contribution in [3.05, 3.63) is 65.2 Å². The quantitative estimate of drug-likeness (QED) is 0.807. The topological polar surface area (TPSA) is 78.8 Å². The summed E-state index contributed by atoms with van der Waals surface area (Å²) >= 11 is 0. The van der Waals surface area contributed by atoms with Crippen LogP contribution in [0.4, 0.5) is 8.78 Å². The molecular weight excluding hydrogens is 412 g/mol. The van der Waals surface area contributed by atoms with Crippen molar-refractivity contribution in [3.63, 3.8) is 0 Å². The summed E-state index contributed by atoms with van der Waals surface area (Å²) in [5, 5.41) is 2.79. The lowest BCUT2D eigenvalue weighted by Crippen LogP contribution is -2.46. The minimum Gasteiger partial charge on any atom is -0.355 e. The molecule has 0 bridgehead atoms. The largest absolute Gasteiger partial charge is 0.355 e. The van der Waals surface area contributed by atoms with Crippen LogP contribution in [0.5, 0.6) is 0 Å². The maximum absolute atomic E-state index is 14.0. The molecule has 2 aliphatic rings. The van der Waals surface area contributed by atoms with Crippen molar-refractivity contribution in [2.24, 2.45) is 10.3 Å². The highest BCUT2D eigenvalue weighted by Crippen LogP contribution is 2.30. The van der Waals surface area contributed by atoms with Gasteiger partial charge in [0, 0.05) is 30.3 Å². The number of rotatable bonds is 3. The van der Waals surface area contributed by atoms with E-state index in [1.165, 1.54) is 12.1 Å². The van der Waals surface area contributed by atoms with Gasteiger partial charge >= 0.3 is 0 Å². The van der Waals surface area contributed by atoms with E-state index in [-0.39, 0.29) is 16.4 Å². The highest BCUT2D eigenvalue weighted by molar-refractivity contribution is 7.90. The molecule has 9 heteroatoms. The third-order valence-electron chi connectivity index (χ3n) is 5.49. The maximum Gasteiger partial charge on any atom is 0.285 e. The second-order valence-electron chi connectivity index (χ2n) is 7.57. The summed E-state index contributed by atoms with van der Waals surface area (Å²) in [5.41, 5.74) is 0.748. The lowest BCUT2D eigenvalue weighted by Gasteiger charge is -2.34. The van der Waals surface area contributed by atoms with Gasteiger partial charge in [-0.2, -0.15) is 8.42 Å². The van der Waals surface area contributed by atoms with Crippen LogP contribution < -0.4 is 5.32 Å². The standard InChI is InChI=1S/C21H21F2N3O3S/c1-13(16-9-8-15(22)11-18(16)23)24-21(27)14-5-4-10-26(12-14)20-17-6-2-3-7-19(17)30(28,29)25-20/h2-3,6-9,11,13-14H,4-5,10,12H2,1H3,(H,24,27)/t13-,14?/m0/s1. The van der Waals surface area contributed by atoms with E-state index < -0.39 is 33.6 Å². The lowest BCUT2D eigenvalue weighted by atomic mass is 9.95. The average Bonchev–Trinajstić information content (AvgIpc) is 2.99. The number of benzene rings is 2. The van der Waals surface area contributed by atoms with Crippen molar-refractivity contribution in [3.8, 4) is 0 Å². The van der Waals surface area contributed by atoms with E-state index in [4.69, 9.17) is 0 Å². The van der Waals surface area contributed by atoms with Crippen LogP contribution >= 0.6 is 0 Å². The van der Waals surface area contributed by atoms with Crippen LogP contribution in [0.3, 0.4) is 0 Å². The number of amidine groups is 1. The van der Waals surface area contributed by atoms with Crippen molar-refractivity contribution in [2.45, 2.75) is 30.7 Å². The van der Waals surface area contributed by atoms with Crippen LogP contribution in [-0.4, -0.2) is 38.2 Å². The van der Waals surface area contributed by atoms with Crippen LogP contribution in [0.1, 0.15) is 36.9 Å². The molecule has 30 heavy (non-hydrogen) atoms. The number of amides is 1. The fraction of sp³-hybridized carbons (Fsp3) is 0.333. The first-order valence-corrected chi connectivity index (χ1v) is 11.1. The Morgan fingerprint density at radius 1 is 1.23 bits per heavy atom. The molecule has 2 atom stereocenters. The predicted octanol–water partition coefficient (Wildman–Crippen LogP) is 3.00. The van der Waals surface area contributed by atoms with Gasteiger partial charge in [0.05, 0.1) is 12.0 Å². The lowest BCUT2D eigenvalue weighted by molar-refractivity contribution is -0.126. The van der Waals surface area contributed by atoms with E-state index in [1.54, 1.807) is 25.1 Å². The fourth-order valence-corrected chi connectivity index (χ4v) is 5.19. The summed E-state index contributed by atoms with van der Waals surface area (Å²) in [7, 11) is -3.73. The van der Waals surface area contributed by atoms with E-state index in [2.05, 4.69) is 9.71 Å². The molecule has 0 aliphatic carbocycles. The number of hydrogen-bond acceptors (Lipinski definition) is 4. The molecule has 0 aromatic heterocycles. The molecule has 1 amide bonds. The van der Waals surface area contributed by atoms with Gasteiger partial charge in [-0.25, -0.2) is 8.78 Å². The second kappa shape index (κ2) is 7.79. The highest BCUT2D eigenvalue weighted by Gasteiger charge is 2.35. The zero-order valence-corrected chi connectivity index (χ0v) is 17.1. The van der Waals surface area contributed by atoms with Gasteiger partial charge in [-0.05, 0) is 38.0 Å². The third-order valence-corrected chi connectivity index (χ3v) is 6.82. The minimum atomic E-state index is -3.73. The number of hydrogen-bond donors (Lipinski definition) is 1. The van der Waals surface area contributed by atoms with Crippen molar-refractivity contribution in [1.82, 2.24) is 10.2 Å². The number of sulfonamides is 1. The Morgan fingerprint density at radius 3 is 2.77 bits per heavy atom. The molecule has 0 saturated carbocycles. The van der Waals surface area contributed by atoms with E-state index in [0.717, 1.165) is 12.1 Å². The Kier molecular flexibility index (Phi) is 5.31. The Bertz CT molecular complexity index is 1130. The van der Waals surface area contributed by atoms with Crippen molar-refractivity contribution >= 4 is 21.8 Å². The van der Waals surface area contributed by atoms with Crippen molar-refractivity contribution in [2.75, 3.05) is 13.1 Å². The molecule has 1 fully saturated rings. The number of fused-ring (bicyclic) bond motifs is 1. The Labute approximate surface area is 173 Å². The molecule has 1 unspecified atom stereocenters. The second-order valence-corrected chi connectivity index (χ2v) is 9.14. The van der Waals surface area contributed by atoms with Gasteiger partial charge in [0.2, 0.25) is 5.91 Å². The molecule has 2 heterocycles. The summed E-state index contributed by atoms with van der Waals surface area (Å²) in [6.07, 6.45) is 1.32. The smallest absolute Gasteiger partial charge is 0.285 e. The average molecular weight is 433 g/mol. The molecule has 1 saturated heterocycles. The summed E-state index contributed by atoms with van der Waals surface area (Å²) < 4.78 is 55.7. The number of likely N-dealkylation sites (tertiary alicyclic amines) is 1. The van der Waals surface area contributed by atoms with Gasteiger partial charge in [-0.3, -0.25) is 4.79 Å². The number of nitrogens with one attached hydrogen (secondary N) is 1. The normalized spacial score (nSPS) is 21.0. The molecule has 158 valence electrons. The van der Waals surface area contributed by atoms with Crippen LogP contribution in [0.15, 0.2) is 51.8 Å². The molecule has 0 spiro atoms. The van der Waals surface area contributed by atoms with E-state index in [1.807, 2.05) is 4.90 Å². The fourth-order valence-electron chi connectivity index (χ4n) is 3.96. The zero-order chi connectivity index (χ0) is 21.5. The maximum atomic E-state index is 14.0. The van der Waals surface area contributed by atoms with Crippen LogP contribution in [0.25, 0.3) is 0 Å². The Balaban J connectivity index is 1.49. The first-order valence-electron chi connectivity index (χ1n) is 9.71. The van der Waals surface area contributed by atoms with Gasteiger partial charge in [0.25, 0.3) is 10.0 Å². The van der Waals surface area contributed by atoms with Gasteiger partial charge in [-0.15, -0.1) is 4.40 Å². The molecule has 2 aromatic carbocycles. The van der Waals surface area contributed by atoms with E-state index in [0.29, 0.717) is 37.3 Å². The van der Waals surface area contributed by atoms with Crippen LogP contribution in [0, 0.1) is 17.6 Å².